The van der Waals surface area contributed by atoms with E-state index in [4.69, 9.17) is 5.73 Å². The first-order valence-corrected chi connectivity index (χ1v) is 6.07. The van der Waals surface area contributed by atoms with Crippen molar-refractivity contribution in [3.05, 3.63) is 27.9 Å². The fourth-order valence-electron chi connectivity index (χ4n) is 1.81. The molecule has 0 amide bonds. The number of nitrogens with two attached hydrogens (primary N) is 1. The SMILES string of the molecule is CCC(CC)(CN)Nc1ncc([N+](=O)[O-])cc1C. The van der Waals surface area contributed by atoms with E-state index in [2.05, 4.69) is 24.1 Å². The van der Waals surface area contributed by atoms with Gasteiger partial charge in [0.15, 0.2) is 0 Å². The molecule has 3 N–H and O–H groups in total. The summed E-state index contributed by atoms with van der Waals surface area (Å²) in [6.07, 6.45) is 3.01. The summed E-state index contributed by atoms with van der Waals surface area (Å²) < 4.78 is 0. The van der Waals surface area contributed by atoms with E-state index in [0.29, 0.717) is 12.4 Å². The summed E-state index contributed by atoms with van der Waals surface area (Å²) in [5.74, 6) is 0.662. The number of nitro groups is 1. The minimum Gasteiger partial charge on any atom is -0.363 e. The number of hydrogen-bond donors (Lipinski definition) is 2. The third kappa shape index (κ3) is 2.95. The fraction of sp³-hybridized carbons (Fsp3) is 0.583. The van der Waals surface area contributed by atoms with Crippen molar-refractivity contribution >= 4 is 11.5 Å². The average molecular weight is 252 g/mol. The van der Waals surface area contributed by atoms with Gasteiger partial charge in [0.1, 0.15) is 12.0 Å². The van der Waals surface area contributed by atoms with Crippen LogP contribution >= 0.6 is 0 Å². The van der Waals surface area contributed by atoms with E-state index >= 15 is 0 Å². The summed E-state index contributed by atoms with van der Waals surface area (Å²) in [4.78, 5) is 14.3. The summed E-state index contributed by atoms with van der Waals surface area (Å²) in [7, 11) is 0. The molecule has 1 heterocycles. The molecular weight excluding hydrogens is 232 g/mol. The molecule has 0 saturated heterocycles. The smallest absolute Gasteiger partial charge is 0.287 e. The van der Waals surface area contributed by atoms with Crippen molar-refractivity contribution in [3.63, 3.8) is 0 Å². The van der Waals surface area contributed by atoms with Crippen LogP contribution in [0.15, 0.2) is 12.3 Å². The highest BCUT2D eigenvalue weighted by Gasteiger charge is 2.25. The van der Waals surface area contributed by atoms with Crippen LogP contribution in [0.25, 0.3) is 0 Å². The highest BCUT2D eigenvalue weighted by Crippen LogP contribution is 2.24. The minimum absolute atomic E-state index is 0.00407. The molecule has 0 aliphatic rings. The van der Waals surface area contributed by atoms with Gasteiger partial charge in [0, 0.05) is 12.6 Å². The molecule has 6 heteroatoms. The van der Waals surface area contributed by atoms with Crippen LogP contribution in [0.3, 0.4) is 0 Å². The molecule has 1 aromatic rings. The van der Waals surface area contributed by atoms with Crippen LogP contribution in [-0.2, 0) is 0 Å². The second-order valence-corrected chi connectivity index (χ2v) is 4.43. The number of aromatic nitrogens is 1. The van der Waals surface area contributed by atoms with Crippen molar-refractivity contribution in [2.75, 3.05) is 11.9 Å². The highest BCUT2D eigenvalue weighted by molar-refractivity contribution is 5.50. The number of pyridine rings is 1. The van der Waals surface area contributed by atoms with Gasteiger partial charge < -0.3 is 11.1 Å². The molecule has 18 heavy (non-hydrogen) atoms. The molecular formula is C12H20N4O2. The molecule has 0 bridgehead atoms. The Labute approximate surface area is 107 Å². The lowest BCUT2D eigenvalue weighted by molar-refractivity contribution is -0.385. The number of aryl methyl sites for hydroxylation is 1. The third-order valence-corrected chi connectivity index (χ3v) is 3.40. The lowest BCUT2D eigenvalue weighted by atomic mass is 9.93. The summed E-state index contributed by atoms with van der Waals surface area (Å²) >= 11 is 0. The van der Waals surface area contributed by atoms with E-state index in [9.17, 15) is 10.1 Å². The van der Waals surface area contributed by atoms with E-state index in [1.807, 2.05) is 0 Å². The zero-order valence-electron chi connectivity index (χ0n) is 11.1. The fourth-order valence-corrected chi connectivity index (χ4v) is 1.81. The van der Waals surface area contributed by atoms with Gasteiger partial charge in [0.05, 0.1) is 10.5 Å². The van der Waals surface area contributed by atoms with E-state index < -0.39 is 4.92 Å². The first kappa shape index (κ1) is 14.4. The Morgan fingerprint density at radius 1 is 1.50 bits per heavy atom. The van der Waals surface area contributed by atoms with Crippen molar-refractivity contribution in [1.82, 2.24) is 4.98 Å². The van der Waals surface area contributed by atoms with Gasteiger partial charge in [-0.25, -0.2) is 4.98 Å². The summed E-state index contributed by atoms with van der Waals surface area (Å²) in [5.41, 5.74) is 6.36. The van der Waals surface area contributed by atoms with Gasteiger partial charge >= 0.3 is 0 Å². The monoisotopic (exact) mass is 252 g/mol. The van der Waals surface area contributed by atoms with Crippen molar-refractivity contribution in [3.8, 4) is 0 Å². The second-order valence-electron chi connectivity index (χ2n) is 4.43. The molecule has 1 rings (SSSR count). The molecule has 6 nitrogen and oxygen atoms in total. The number of rotatable bonds is 6. The first-order valence-electron chi connectivity index (χ1n) is 6.07. The third-order valence-electron chi connectivity index (χ3n) is 3.40. The Bertz CT molecular complexity index is 422. The molecule has 0 aliphatic heterocycles. The molecule has 1 aromatic heterocycles. The lowest BCUT2D eigenvalue weighted by Crippen LogP contribution is -2.44. The molecule has 0 radical (unpaired) electrons. The van der Waals surface area contributed by atoms with Crippen LogP contribution in [-0.4, -0.2) is 22.0 Å². The Morgan fingerprint density at radius 3 is 2.50 bits per heavy atom. The minimum atomic E-state index is -0.445. The van der Waals surface area contributed by atoms with E-state index in [1.54, 1.807) is 6.92 Å². The predicted molar refractivity (Wildman–Crippen MR) is 71.6 cm³/mol. The molecule has 0 unspecified atom stereocenters. The molecule has 0 aromatic carbocycles. The second kappa shape index (κ2) is 5.77. The normalized spacial score (nSPS) is 11.3. The molecule has 0 fully saturated rings. The zero-order chi connectivity index (χ0) is 13.8. The lowest BCUT2D eigenvalue weighted by Gasteiger charge is -2.32. The molecule has 0 spiro atoms. The maximum Gasteiger partial charge on any atom is 0.287 e. The number of nitrogens with zero attached hydrogens (tertiary/aromatic N) is 2. The van der Waals surface area contributed by atoms with Gasteiger partial charge in [-0.1, -0.05) is 13.8 Å². The van der Waals surface area contributed by atoms with Crippen LogP contribution in [0.1, 0.15) is 32.3 Å². The van der Waals surface area contributed by atoms with Gasteiger partial charge in [-0.05, 0) is 25.3 Å². The van der Waals surface area contributed by atoms with Crippen molar-refractivity contribution in [2.45, 2.75) is 39.2 Å². The van der Waals surface area contributed by atoms with Crippen LogP contribution in [0, 0.1) is 17.0 Å². The standard InChI is InChI=1S/C12H20N4O2/c1-4-12(5-2,8-13)15-11-9(3)6-10(7-14-11)16(17)18/h6-7H,4-5,8,13H2,1-3H3,(H,14,15). The number of anilines is 1. The quantitative estimate of drug-likeness (QED) is 0.598. The van der Waals surface area contributed by atoms with Gasteiger partial charge in [0.2, 0.25) is 0 Å². The zero-order valence-corrected chi connectivity index (χ0v) is 11.1. The Balaban J connectivity index is 3.01. The summed E-state index contributed by atoms with van der Waals surface area (Å²) in [5, 5.41) is 14.0. The van der Waals surface area contributed by atoms with Crippen LogP contribution in [0.4, 0.5) is 11.5 Å². The van der Waals surface area contributed by atoms with Gasteiger partial charge in [-0.15, -0.1) is 0 Å². The Morgan fingerprint density at radius 2 is 2.11 bits per heavy atom. The van der Waals surface area contributed by atoms with Crippen molar-refractivity contribution < 1.29 is 4.92 Å². The molecule has 0 atom stereocenters. The predicted octanol–water partition coefficient (Wildman–Crippen LogP) is 2.23. The number of hydrogen-bond acceptors (Lipinski definition) is 5. The summed E-state index contributed by atoms with van der Waals surface area (Å²) in [6.45, 7) is 6.42. The first-order chi connectivity index (χ1) is 8.48. The van der Waals surface area contributed by atoms with Crippen LogP contribution in [0.5, 0.6) is 0 Å². The maximum absolute atomic E-state index is 10.6. The largest absolute Gasteiger partial charge is 0.363 e. The number of nitrogens with one attached hydrogen (secondary N) is 1. The van der Waals surface area contributed by atoms with Gasteiger partial charge in [-0.3, -0.25) is 10.1 Å². The Hall–Kier alpha value is -1.69. The van der Waals surface area contributed by atoms with Crippen LogP contribution < -0.4 is 11.1 Å². The van der Waals surface area contributed by atoms with E-state index in [1.165, 1.54) is 12.3 Å². The molecule has 0 saturated carbocycles. The maximum atomic E-state index is 10.6. The Kier molecular flexibility index (Phi) is 4.61. The topological polar surface area (TPSA) is 94.1 Å². The van der Waals surface area contributed by atoms with Crippen LogP contribution in [0.2, 0.25) is 0 Å². The molecule has 0 aliphatic carbocycles. The van der Waals surface area contributed by atoms with E-state index in [0.717, 1.165) is 18.4 Å². The average Bonchev–Trinajstić information content (AvgIpc) is 2.38. The van der Waals surface area contributed by atoms with Crippen molar-refractivity contribution in [2.24, 2.45) is 5.73 Å². The van der Waals surface area contributed by atoms with E-state index in [-0.39, 0.29) is 11.2 Å². The summed E-state index contributed by atoms with van der Waals surface area (Å²) in [6, 6.07) is 1.52. The molecule has 100 valence electrons. The van der Waals surface area contributed by atoms with Gasteiger partial charge in [0.25, 0.3) is 5.69 Å². The van der Waals surface area contributed by atoms with Crippen molar-refractivity contribution in [1.29, 1.82) is 0 Å². The highest BCUT2D eigenvalue weighted by atomic mass is 16.6. The van der Waals surface area contributed by atoms with Gasteiger partial charge in [-0.2, -0.15) is 0 Å².